The van der Waals surface area contributed by atoms with Crippen molar-refractivity contribution in [1.82, 2.24) is 20.1 Å². The Balaban J connectivity index is 1.32. The van der Waals surface area contributed by atoms with Crippen LogP contribution >= 0.6 is 0 Å². The van der Waals surface area contributed by atoms with Crippen LogP contribution in [0.4, 0.5) is 0 Å². The summed E-state index contributed by atoms with van der Waals surface area (Å²) in [6, 6.07) is 2.34. The van der Waals surface area contributed by atoms with Gasteiger partial charge in [0.2, 0.25) is 5.91 Å². The molecule has 1 aromatic rings. The molecule has 5 rings (SSSR count). The molecule has 1 N–H and O–H groups in total. The van der Waals surface area contributed by atoms with E-state index in [2.05, 4.69) is 16.3 Å². The molecule has 6 nitrogen and oxygen atoms in total. The summed E-state index contributed by atoms with van der Waals surface area (Å²) in [4.78, 5) is 19.4. The van der Waals surface area contributed by atoms with E-state index >= 15 is 0 Å². The van der Waals surface area contributed by atoms with Crippen LogP contribution in [0, 0.1) is 28.6 Å². The van der Waals surface area contributed by atoms with Crippen LogP contribution < -0.4 is 0 Å². The smallest absolute Gasteiger partial charge is 0.224 e. The number of aromatic amines is 1. The average molecular weight is 325 g/mol. The van der Waals surface area contributed by atoms with Gasteiger partial charge in [-0.25, -0.2) is 4.98 Å². The summed E-state index contributed by atoms with van der Waals surface area (Å²) >= 11 is 0. The number of H-pyrrole nitrogens is 1. The number of hydrogen-bond donors (Lipinski definition) is 1. The highest BCUT2D eigenvalue weighted by Gasteiger charge is 2.49. The third kappa shape index (κ3) is 2.51. The third-order valence-corrected chi connectivity index (χ3v) is 6.34. The van der Waals surface area contributed by atoms with E-state index in [1.54, 1.807) is 0 Å². The number of carbonyl (C=O) groups excluding carboxylic acids is 1. The molecule has 1 aliphatic heterocycles. The number of nitrogens with zero attached hydrogens (tertiary/aromatic N) is 4. The largest absolute Gasteiger partial charge is 0.342 e. The number of amides is 1. The number of nitrogens with one attached hydrogen (secondary N) is 1. The molecule has 4 aliphatic rings. The first-order valence-corrected chi connectivity index (χ1v) is 9.29. The highest BCUT2D eigenvalue weighted by atomic mass is 16.2. The number of likely N-dealkylation sites (tertiary alicyclic amines) is 1. The van der Waals surface area contributed by atoms with Crippen molar-refractivity contribution < 1.29 is 4.79 Å². The van der Waals surface area contributed by atoms with Crippen molar-refractivity contribution in [3.8, 4) is 6.07 Å². The highest BCUT2D eigenvalue weighted by molar-refractivity contribution is 5.78. The number of carbonyl (C=O) groups is 1. The van der Waals surface area contributed by atoms with Crippen LogP contribution in [0.25, 0.3) is 0 Å². The van der Waals surface area contributed by atoms with E-state index in [4.69, 9.17) is 4.98 Å². The lowest BCUT2D eigenvalue weighted by atomic mass is 9.91. The van der Waals surface area contributed by atoms with Crippen LogP contribution in [0.3, 0.4) is 0 Å². The minimum absolute atomic E-state index is 0.157. The SMILES string of the molecule is N#CC1(CC(=O)N2C[C@H](c3nc(C4CC4)n[nH]3)[C@@H](C3CC3)C2)CC1. The second-order valence-corrected chi connectivity index (χ2v) is 8.33. The van der Waals surface area contributed by atoms with E-state index in [1.165, 1.54) is 25.7 Å². The second-order valence-electron chi connectivity index (χ2n) is 8.33. The van der Waals surface area contributed by atoms with Crippen LogP contribution in [0.15, 0.2) is 0 Å². The number of hydrogen-bond acceptors (Lipinski definition) is 4. The van der Waals surface area contributed by atoms with Gasteiger partial charge in [-0.3, -0.25) is 9.89 Å². The van der Waals surface area contributed by atoms with E-state index in [-0.39, 0.29) is 11.3 Å². The first kappa shape index (κ1) is 14.4. The van der Waals surface area contributed by atoms with Gasteiger partial charge < -0.3 is 4.90 Å². The maximum atomic E-state index is 12.7. The van der Waals surface area contributed by atoms with Crippen molar-refractivity contribution >= 4 is 5.91 Å². The summed E-state index contributed by atoms with van der Waals surface area (Å²) in [7, 11) is 0. The van der Waals surface area contributed by atoms with Crippen molar-refractivity contribution in [2.24, 2.45) is 17.3 Å². The summed E-state index contributed by atoms with van der Waals surface area (Å²) < 4.78 is 0. The maximum absolute atomic E-state index is 12.7. The lowest BCUT2D eigenvalue weighted by molar-refractivity contribution is -0.131. The monoisotopic (exact) mass is 325 g/mol. The molecule has 3 aliphatic carbocycles. The third-order valence-electron chi connectivity index (χ3n) is 6.34. The predicted octanol–water partition coefficient (Wildman–Crippen LogP) is 2.33. The normalized spacial score (nSPS) is 31.0. The highest BCUT2D eigenvalue weighted by Crippen LogP contribution is 2.50. The molecule has 1 amide bonds. The van der Waals surface area contributed by atoms with E-state index in [9.17, 15) is 10.1 Å². The van der Waals surface area contributed by atoms with Crippen molar-refractivity contribution in [2.45, 2.75) is 56.8 Å². The molecule has 0 unspecified atom stereocenters. The van der Waals surface area contributed by atoms with Gasteiger partial charge in [-0.2, -0.15) is 10.4 Å². The predicted molar refractivity (Wildman–Crippen MR) is 85.8 cm³/mol. The molecule has 2 atom stereocenters. The molecule has 3 saturated carbocycles. The van der Waals surface area contributed by atoms with Crippen LogP contribution in [0.5, 0.6) is 0 Å². The average Bonchev–Trinajstić information content (AvgIpc) is 3.51. The lowest BCUT2D eigenvalue weighted by Gasteiger charge is -2.17. The topological polar surface area (TPSA) is 85.7 Å². The van der Waals surface area contributed by atoms with Crippen molar-refractivity contribution in [3.05, 3.63) is 11.6 Å². The quantitative estimate of drug-likeness (QED) is 0.900. The summed E-state index contributed by atoms with van der Waals surface area (Å²) in [6.45, 7) is 1.57. The summed E-state index contributed by atoms with van der Waals surface area (Å²) in [5.74, 6) is 4.18. The van der Waals surface area contributed by atoms with Gasteiger partial charge in [0, 0.05) is 31.3 Å². The van der Waals surface area contributed by atoms with Crippen LogP contribution in [-0.2, 0) is 4.79 Å². The number of aromatic nitrogens is 3. The molecular weight excluding hydrogens is 302 g/mol. The molecule has 2 heterocycles. The standard InChI is InChI=1S/C18H23N5O/c19-10-18(5-6-18)7-15(24)23-8-13(11-1-2-11)14(9-23)17-20-16(21-22-17)12-3-4-12/h11-14H,1-9H2,(H,20,21,22)/t13-,14+/m1/s1. The van der Waals surface area contributed by atoms with Gasteiger partial charge in [0.25, 0.3) is 0 Å². The Morgan fingerprint density at radius 1 is 1.29 bits per heavy atom. The first-order chi connectivity index (χ1) is 11.7. The fourth-order valence-corrected chi connectivity index (χ4v) is 4.18. The molecule has 0 aromatic carbocycles. The zero-order valence-electron chi connectivity index (χ0n) is 13.9. The van der Waals surface area contributed by atoms with Gasteiger partial charge in [0.05, 0.1) is 11.5 Å². The first-order valence-electron chi connectivity index (χ1n) is 9.29. The maximum Gasteiger partial charge on any atom is 0.224 e. The Bertz CT molecular complexity index is 707. The Hall–Kier alpha value is -1.90. The van der Waals surface area contributed by atoms with Crippen molar-refractivity contribution in [1.29, 1.82) is 5.26 Å². The molecule has 1 saturated heterocycles. The van der Waals surface area contributed by atoms with Crippen LogP contribution in [-0.4, -0.2) is 39.1 Å². The van der Waals surface area contributed by atoms with E-state index in [0.717, 1.165) is 43.5 Å². The molecule has 126 valence electrons. The second kappa shape index (κ2) is 5.05. The molecule has 1 aromatic heterocycles. The Morgan fingerprint density at radius 3 is 2.71 bits per heavy atom. The van der Waals surface area contributed by atoms with Gasteiger partial charge in [0.1, 0.15) is 5.82 Å². The van der Waals surface area contributed by atoms with Gasteiger partial charge in [-0.1, -0.05) is 0 Å². The minimum Gasteiger partial charge on any atom is -0.342 e. The summed E-state index contributed by atoms with van der Waals surface area (Å²) in [5, 5.41) is 16.8. The van der Waals surface area contributed by atoms with Crippen molar-refractivity contribution in [2.75, 3.05) is 13.1 Å². The Kier molecular flexibility index (Phi) is 3.04. The fourth-order valence-electron chi connectivity index (χ4n) is 4.18. The molecule has 0 bridgehead atoms. The molecule has 24 heavy (non-hydrogen) atoms. The lowest BCUT2D eigenvalue weighted by Crippen LogP contribution is -2.30. The zero-order valence-corrected chi connectivity index (χ0v) is 13.9. The van der Waals surface area contributed by atoms with Gasteiger partial charge in [-0.15, -0.1) is 0 Å². The molecule has 0 radical (unpaired) electrons. The van der Waals surface area contributed by atoms with E-state index in [0.29, 0.717) is 24.2 Å². The Morgan fingerprint density at radius 2 is 2.08 bits per heavy atom. The molecular formula is C18H23N5O. The number of rotatable bonds is 5. The van der Waals surface area contributed by atoms with Gasteiger partial charge in [-0.05, 0) is 50.4 Å². The van der Waals surface area contributed by atoms with Gasteiger partial charge in [0.15, 0.2) is 5.82 Å². The Labute approximate surface area is 141 Å². The summed E-state index contributed by atoms with van der Waals surface area (Å²) in [6.07, 6.45) is 7.11. The minimum atomic E-state index is -0.352. The molecule has 4 fully saturated rings. The molecule has 6 heteroatoms. The number of nitriles is 1. The van der Waals surface area contributed by atoms with Gasteiger partial charge >= 0.3 is 0 Å². The van der Waals surface area contributed by atoms with Crippen molar-refractivity contribution in [3.63, 3.8) is 0 Å². The van der Waals surface area contributed by atoms with E-state index < -0.39 is 0 Å². The van der Waals surface area contributed by atoms with Crippen LogP contribution in [0.1, 0.15) is 68.4 Å². The summed E-state index contributed by atoms with van der Waals surface area (Å²) in [5.41, 5.74) is -0.352. The molecule has 0 spiro atoms. The zero-order chi connectivity index (χ0) is 16.3. The fraction of sp³-hybridized carbons (Fsp3) is 0.778. The van der Waals surface area contributed by atoms with E-state index in [1.807, 2.05) is 4.90 Å². The van der Waals surface area contributed by atoms with Crippen LogP contribution in [0.2, 0.25) is 0 Å².